The van der Waals surface area contributed by atoms with E-state index in [0.29, 0.717) is 39.5 Å². The first kappa shape index (κ1) is 22.5. The number of esters is 1. The molecular formula is C25H23ClN4O3. The number of rotatable bonds is 6. The molecule has 0 aliphatic carbocycles. The van der Waals surface area contributed by atoms with Crippen LogP contribution in [0.15, 0.2) is 54.7 Å². The Morgan fingerprint density at radius 3 is 2.58 bits per heavy atom. The first-order chi connectivity index (χ1) is 15.9. The van der Waals surface area contributed by atoms with E-state index in [1.807, 2.05) is 57.2 Å². The minimum absolute atomic E-state index is 0.302. The highest BCUT2D eigenvalue weighted by atomic mass is 35.5. The minimum atomic E-state index is -0.628. The molecule has 2 heterocycles. The van der Waals surface area contributed by atoms with Gasteiger partial charge in [-0.15, -0.1) is 0 Å². The Balaban J connectivity index is 1.58. The quantitative estimate of drug-likeness (QED) is 0.399. The number of nitrogens with one attached hydrogen (secondary N) is 1. The summed E-state index contributed by atoms with van der Waals surface area (Å²) in [7, 11) is 0. The van der Waals surface area contributed by atoms with E-state index in [9.17, 15) is 9.59 Å². The lowest BCUT2D eigenvalue weighted by molar-refractivity contribution is -0.119. The molecule has 4 aromatic rings. The van der Waals surface area contributed by atoms with Gasteiger partial charge in [0.1, 0.15) is 0 Å². The van der Waals surface area contributed by atoms with Crippen LogP contribution >= 0.6 is 11.6 Å². The van der Waals surface area contributed by atoms with Crippen molar-refractivity contribution in [2.24, 2.45) is 0 Å². The number of hydrogen-bond acceptors (Lipinski definition) is 5. The molecule has 0 bridgehead atoms. The van der Waals surface area contributed by atoms with E-state index in [-0.39, 0.29) is 0 Å². The molecule has 1 amide bonds. The summed E-state index contributed by atoms with van der Waals surface area (Å²) < 4.78 is 7.06. The van der Waals surface area contributed by atoms with Crippen LogP contribution < -0.4 is 5.32 Å². The number of carbonyl (C=O) groups excluding carboxylic acids is 2. The summed E-state index contributed by atoms with van der Waals surface area (Å²) in [6.07, 6.45) is 1.59. The fraction of sp³-hybridized carbons (Fsp3) is 0.200. The van der Waals surface area contributed by atoms with Crippen LogP contribution in [0.25, 0.3) is 22.3 Å². The molecular weight excluding hydrogens is 440 g/mol. The zero-order valence-electron chi connectivity index (χ0n) is 18.6. The van der Waals surface area contributed by atoms with Crippen LogP contribution in [0.3, 0.4) is 0 Å². The summed E-state index contributed by atoms with van der Waals surface area (Å²) in [5, 5.41) is 8.05. The monoisotopic (exact) mass is 462 g/mol. The highest BCUT2D eigenvalue weighted by Crippen LogP contribution is 2.28. The van der Waals surface area contributed by atoms with E-state index in [1.54, 1.807) is 23.0 Å². The van der Waals surface area contributed by atoms with Gasteiger partial charge >= 0.3 is 5.97 Å². The van der Waals surface area contributed by atoms with E-state index in [0.717, 1.165) is 16.7 Å². The zero-order chi connectivity index (χ0) is 23.5. The minimum Gasteiger partial charge on any atom is -0.452 e. The van der Waals surface area contributed by atoms with Gasteiger partial charge in [-0.2, -0.15) is 5.10 Å². The van der Waals surface area contributed by atoms with Crippen molar-refractivity contribution in [3.63, 3.8) is 0 Å². The Bertz CT molecular complexity index is 1330. The van der Waals surface area contributed by atoms with Gasteiger partial charge in [0.15, 0.2) is 12.3 Å². The molecule has 0 radical (unpaired) electrons. The van der Waals surface area contributed by atoms with Crippen LogP contribution in [-0.2, 0) is 16.1 Å². The summed E-state index contributed by atoms with van der Waals surface area (Å²) in [5.41, 5.74) is 4.69. The van der Waals surface area contributed by atoms with Crippen LogP contribution in [0, 0.1) is 13.8 Å². The first-order valence-electron chi connectivity index (χ1n) is 10.5. The molecule has 0 aliphatic rings. The topological polar surface area (TPSA) is 86.1 Å². The van der Waals surface area contributed by atoms with Gasteiger partial charge in [0.05, 0.1) is 33.6 Å². The van der Waals surface area contributed by atoms with Crippen LogP contribution in [0.5, 0.6) is 0 Å². The van der Waals surface area contributed by atoms with Gasteiger partial charge in [-0.05, 0) is 44.0 Å². The maximum Gasteiger partial charge on any atom is 0.339 e. The third-order valence-corrected chi connectivity index (χ3v) is 5.53. The normalized spacial score (nSPS) is 10.9. The van der Waals surface area contributed by atoms with E-state index in [4.69, 9.17) is 21.3 Å². The first-order valence-corrected chi connectivity index (χ1v) is 10.9. The number of nitrogens with zero attached hydrogens (tertiary/aromatic N) is 3. The van der Waals surface area contributed by atoms with Gasteiger partial charge in [-0.1, -0.05) is 48.0 Å². The van der Waals surface area contributed by atoms with Crippen molar-refractivity contribution in [2.75, 3.05) is 11.9 Å². The molecule has 0 spiro atoms. The molecule has 0 fully saturated rings. The third-order valence-electron chi connectivity index (χ3n) is 5.23. The van der Waals surface area contributed by atoms with Crippen molar-refractivity contribution >= 4 is 40.2 Å². The van der Waals surface area contributed by atoms with Crippen LogP contribution in [0.4, 0.5) is 5.69 Å². The van der Waals surface area contributed by atoms with Gasteiger partial charge in [0, 0.05) is 12.1 Å². The third kappa shape index (κ3) is 4.73. The van der Waals surface area contributed by atoms with Crippen LogP contribution in [0.1, 0.15) is 28.4 Å². The lowest BCUT2D eigenvalue weighted by Gasteiger charge is -2.12. The summed E-state index contributed by atoms with van der Waals surface area (Å²) in [4.78, 5) is 30.1. The molecule has 2 aromatic carbocycles. The molecule has 2 aromatic heterocycles. The molecule has 0 atom stereocenters. The maximum absolute atomic E-state index is 13.0. The lowest BCUT2D eigenvalue weighted by Crippen LogP contribution is -2.21. The number of carbonyl (C=O) groups is 2. The summed E-state index contributed by atoms with van der Waals surface area (Å²) in [6.45, 7) is 5.87. The van der Waals surface area contributed by atoms with Crippen molar-refractivity contribution in [1.29, 1.82) is 0 Å². The lowest BCUT2D eigenvalue weighted by atomic mass is 10.1. The molecule has 0 saturated heterocycles. The molecule has 33 heavy (non-hydrogen) atoms. The molecule has 4 rings (SSSR count). The van der Waals surface area contributed by atoms with Crippen molar-refractivity contribution < 1.29 is 14.3 Å². The standard InChI is InChI=1S/C25H23ClN4O3/c1-4-30-24-19(13-27-30)18(12-21(28-24)17-8-6-5-7-9-17)25(32)33-14-22(31)29-23-16(3)10-15(2)11-20(23)26/h5-13H,4,14H2,1-3H3,(H,29,31). The van der Waals surface area contributed by atoms with Gasteiger partial charge in [0.2, 0.25) is 0 Å². The molecule has 0 saturated carbocycles. The molecule has 0 unspecified atom stereocenters. The number of anilines is 1. The molecule has 7 nitrogen and oxygen atoms in total. The van der Waals surface area contributed by atoms with E-state index in [1.165, 1.54) is 0 Å². The van der Waals surface area contributed by atoms with Crippen LogP contribution in [-0.4, -0.2) is 33.2 Å². The summed E-state index contributed by atoms with van der Waals surface area (Å²) in [6, 6.07) is 14.9. The predicted octanol–water partition coefficient (Wildman–Crippen LogP) is 5.18. The SMILES string of the molecule is CCn1ncc2c(C(=O)OCC(=O)Nc3c(C)cc(C)cc3Cl)cc(-c3ccccc3)nc21. The number of aryl methyl sites for hydroxylation is 3. The molecule has 1 N–H and O–H groups in total. The van der Waals surface area contributed by atoms with Gasteiger partial charge in [-0.25, -0.2) is 14.5 Å². The largest absolute Gasteiger partial charge is 0.452 e. The van der Waals surface area contributed by atoms with E-state index in [2.05, 4.69) is 10.4 Å². The second kappa shape index (κ2) is 9.42. The van der Waals surface area contributed by atoms with Crippen molar-refractivity contribution in [3.05, 3.63) is 76.4 Å². The smallest absolute Gasteiger partial charge is 0.339 e. The van der Waals surface area contributed by atoms with Gasteiger partial charge < -0.3 is 10.1 Å². The Labute approximate surface area is 196 Å². The van der Waals surface area contributed by atoms with Crippen molar-refractivity contribution in [2.45, 2.75) is 27.3 Å². The Morgan fingerprint density at radius 1 is 1.12 bits per heavy atom. The van der Waals surface area contributed by atoms with Crippen molar-refractivity contribution in [3.8, 4) is 11.3 Å². The number of pyridine rings is 1. The second-order valence-corrected chi connectivity index (χ2v) is 8.09. The fourth-order valence-corrected chi connectivity index (χ4v) is 4.03. The number of aromatic nitrogens is 3. The van der Waals surface area contributed by atoms with Gasteiger partial charge in [0.25, 0.3) is 5.91 Å². The Kier molecular flexibility index (Phi) is 6.42. The highest BCUT2D eigenvalue weighted by Gasteiger charge is 2.20. The summed E-state index contributed by atoms with van der Waals surface area (Å²) >= 11 is 6.26. The number of amides is 1. The van der Waals surface area contributed by atoms with Gasteiger partial charge in [-0.3, -0.25) is 4.79 Å². The number of benzene rings is 2. The maximum atomic E-state index is 13.0. The molecule has 8 heteroatoms. The highest BCUT2D eigenvalue weighted by molar-refractivity contribution is 6.34. The Hall–Kier alpha value is -3.71. The average Bonchev–Trinajstić information content (AvgIpc) is 3.23. The second-order valence-electron chi connectivity index (χ2n) is 7.68. The summed E-state index contributed by atoms with van der Waals surface area (Å²) in [5.74, 6) is -1.10. The van der Waals surface area contributed by atoms with E-state index < -0.39 is 18.5 Å². The number of ether oxygens (including phenoxy) is 1. The zero-order valence-corrected chi connectivity index (χ0v) is 19.3. The number of halogens is 1. The van der Waals surface area contributed by atoms with Crippen LogP contribution in [0.2, 0.25) is 5.02 Å². The fourth-order valence-electron chi connectivity index (χ4n) is 3.66. The number of hydrogen-bond donors (Lipinski definition) is 1. The Morgan fingerprint density at radius 2 is 1.88 bits per heavy atom. The molecule has 168 valence electrons. The number of fused-ring (bicyclic) bond motifs is 1. The van der Waals surface area contributed by atoms with Crippen molar-refractivity contribution in [1.82, 2.24) is 14.8 Å². The average molecular weight is 463 g/mol. The predicted molar refractivity (Wildman–Crippen MR) is 128 cm³/mol. The molecule has 0 aliphatic heterocycles. The van der Waals surface area contributed by atoms with E-state index >= 15 is 0 Å².